The van der Waals surface area contributed by atoms with Gasteiger partial charge in [0.15, 0.2) is 17.7 Å². The van der Waals surface area contributed by atoms with Crippen LogP contribution in [0.15, 0.2) is 12.7 Å². The number of nitrogens with zero attached hydrogens (tertiary/aromatic N) is 4. The van der Waals surface area contributed by atoms with Gasteiger partial charge in [0, 0.05) is 6.42 Å². The van der Waals surface area contributed by atoms with Crippen LogP contribution in [-0.4, -0.2) is 61.9 Å². The molecule has 2 fully saturated rings. The first-order valence-corrected chi connectivity index (χ1v) is 12.0. The number of anilines is 1. The molecule has 0 unspecified atom stereocenters. The zero-order valence-corrected chi connectivity index (χ0v) is 19.5. The minimum absolute atomic E-state index is 0.00645. The number of aromatic nitrogens is 4. The average Bonchev–Trinajstić information content (AvgIpc) is 3.24. The number of hydrogen-bond acceptors (Lipinski definition) is 11. The van der Waals surface area contributed by atoms with Crippen molar-refractivity contribution >= 4 is 42.4 Å². The first kappa shape index (κ1) is 23.3. The fourth-order valence-electron chi connectivity index (χ4n) is 3.67. The van der Waals surface area contributed by atoms with E-state index in [1.807, 2.05) is 0 Å². The molecule has 2 aromatic heterocycles. The highest BCUT2D eigenvalue weighted by Gasteiger charge is 2.60. The molecule has 0 bridgehead atoms. The molecule has 0 amide bonds. The van der Waals surface area contributed by atoms with E-state index in [1.54, 1.807) is 25.3 Å². The molecule has 5 atom stereocenters. The molecule has 2 N–H and O–H groups in total. The molecule has 0 saturated carbocycles. The molecule has 2 aliphatic heterocycles. The average molecular weight is 490 g/mol. The van der Waals surface area contributed by atoms with Crippen LogP contribution in [0.4, 0.5) is 5.82 Å². The first-order chi connectivity index (χ1) is 15.1. The number of nitrogens with two attached hydrogens (primary N) is 1. The number of alkyl halides is 1. The Hall–Kier alpha value is -1.82. The second-order valence-electron chi connectivity index (χ2n) is 8.01. The lowest BCUT2D eigenvalue weighted by Gasteiger charge is -2.34. The number of phosphoric ester groups is 1. The van der Waals surface area contributed by atoms with E-state index in [9.17, 15) is 9.36 Å². The van der Waals surface area contributed by atoms with Crippen LogP contribution in [0.1, 0.15) is 39.8 Å². The monoisotopic (exact) mass is 489 g/mol. The predicted molar refractivity (Wildman–Crippen MR) is 113 cm³/mol. The number of halogens is 1. The van der Waals surface area contributed by atoms with Crippen molar-refractivity contribution in [2.75, 3.05) is 18.9 Å². The van der Waals surface area contributed by atoms with Crippen LogP contribution in [0, 0.1) is 0 Å². The van der Waals surface area contributed by atoms with Crippen molar-refractivity contribution in [3.63, 3.8) is 0 Å². The molecule has 0 spiro atoms. The maximum absolute atomic E-state index is 13.0. The molecular formula is C18H25ClN5O7P. The fraction of sp³-hybridized carbons (Fsp3) is 0.667. The largest absolute Gasteiger partial charge is 0.475 e. The van der Waals surface area contributed by atoms with Crippen LogP contribution in [-0.2, 0) is 32.4 Å². The molecule has 4 heterocycles. The van der Waals surface area contributed by atoms with Crippen molar-refractivity contribution in [3.8, 4) is 0 Å². The molecule has 176 valence electrons. The third-order valence-electron chi connectivity index (χ3n) is 5.10. The first-order valence-electron chi connectivity index (χ1n) is 10.1. The minimum atomic E-state index is -3.90. The van der Waals surface area contributed by atoms with Gasteiger partial charge >= 0.3 is 13.8 Å². The summed E-state index contributed by atoms with van der Waals surface area (Å²) < 4.78 is 42.2. The van der Waals surface area contributed by atoms with Crippen LogP contribution >= 0.6 is 19.4 Å². The summed E-state index contributed by atoms with van der Waals surface area (Å²) in [5.74, 6) is -0.125. The van der Waals surface area contributed by atoms with Gasteiger partial charge in [-0.1, -0.05) is 0 Å². The van der Waals surface area contributed by atoms with Gasteiger partial charge in [-0.3, -0.25) is 22.9 Å². The minimum Gasteiger partial charge on any atom is -0.463 e. The smallest absolute Gasteiger partial charge is 0.463 e. The van der Waals surface area contributed by atoms with E-state index in [2.05, 4.69) is 15.0 Å². The fourth-order valence-corrected chi connectivity index (χ4v) is 5.58. The van der Waals surface area contributed by atoms with Crippen molar-refractivity contribution in [2.45, 2.75) is 63.0 Å². The standard InChI is InChI=1S/C18H25ClN5O7P/c1-10(2)29-12(25)5-4-6-27-32(26)28-7-11-14(31-32)18(3,19)17(30-11)24-9-23-13-15(20)21-8-22-16(13)24/h8-11,14,17H,4-7H2,1-3H3,(H2,20,21,22)/t11-,14-,17-,18-,32-/m1/s1. The van der Waals surface area contributed by atoms with Crippen molar-refractivity contribution in [2.24, 2.45) is 0 Å². The molecule has 4 rings (SSSR count). The molecule has 2 aliphatic rings. The van der Waals surface area contributed by atoms with Gasteiger partial charge in [-0.05, 0) is 27.2 Å². The second-order valence-corrected chi connectivity index (χ2v) is 10.4. The van der Waals surface area contributed by atoms with Gasteiger partial charge in [-0.15, -0.1) is 11.6 Å². The number of fused-ring (bicyclic) bond motifs is 2. The highest BCUT2D eigenvalue weighted by Crippen LogP contribution is 2.60. The molecule has 0 radical (unpaired) electrons. The van der Waals surface area contributed by atoms with Gasteiger partial charge in [-0.2, -0.15) is 0 Å². The second kappa shape index (κ2) is 8.85. The maximum atomic E-state index is 13.0. The van der Waals surface area contributed by atoms with Gasteiger partial charge in [0.05, 0.1) is 25.6 Å². The van der Waals surface area contributed by atoms with Crippen LogP contribution in [0.2, 0.25) is 0 Å². The van der Waals surface area contributed by atoms with Crippen LogP contribution in [0.3, 0.4) is 0 Å². The Morgan fingerprint density at radius 2 is 2.22 bits per heavy atom. The van der Waals surface area contributed by atoms with Crippen molar-refractivity contribution in [3.05, 3.63) is 12.7 Å². The molecular weight excluding hydrogens is 465 g/mol. The maximum Gasteiger partial charge on any atom is 0.475 e. The van der Waals surface area contributed by atoms with E-state index in [-0.39, 0.29) is 37.5 Å². The Labute approximate surface area is 189 Å². The van der Waals surface area contributed by atoms with Crippen molar-refractivity contribution < 1.29 is 32.4 Å². The van der Waals surface area contributed by atoms with E-state index in [0.29, 0.717) is 17.6 Å². The van der Waals surface area contributed by atoms with Crippen molar-refractivity contribution in [1.82, 2.24) is 19.5 Å². The Bertz CT molecular complexity index is 1050. The van der Waals surface area contributed by atoms with Gasteiger partial charge in [-0.25, -0.2) is 19.5 Å². The van der Waals surface area contributed by atoms with Crippen molar-refractivity contribution in [1.29, 1.82) is 0 Å². The number of nitrogen functional groups attached to an aromatic ring is 1. The van der Waals surface area contributed by atoms with E-state index < -0.39 is 31.1 Å². The lowest BCUT2D eigenvalue weighted by Crippen LogP contribution is -2.44. The molecule has 2 saturated heterocycles. The summed E-state index contributed by atoms with van der Waals surface area (Å²) in [7, 11) is -3.90. The number of hydrogen-bond donors (Lipinski definition) is 1. The van der Waals surface area contributed by atoms with Gasteiger partial charge < -0.3 is 15.2 Å². The third kappa shape index (κ3) is 4.48. The topological polar surface area (TPSA) is 150 Å². The van der Waals surface area contributed by atoms with Gasteiger partial charge in [0.25, 0.3) is 0 Å². The quantitative estimate of drug-likeness (QED) is 0.264. The summed E-state index contributed by atoms with van der Waals surface area (Å²) in [4.78, 5) is 22.9. The van der Waals surface area contributed by atoms with Crippen LogP contribution in [0.5, 0.6) is 0 Å². The van der Waals surface area contributed by atoms with Crippen LogP contribution in [0.25, 0.3) is 11.2 Å². The number of carbonyl (C=O) groups excluding carboxylic acids is 1. The highest BCUT2D eigenvalue weighted by atomic mass is 35.5. The molecule has 12 nitrogen and oxygen atoms in total. The Morgan fingerprint density at radius 3 is 2.97 bits per heavy atom. The summed E-state index contributed by atoms with van der Waals surface area (Å²) >= 11 is 6.85. The normalized spacial score (nSPS) is 32.3. The van der Waals surface area contributed by atoms with E-state index >= 15 is 0 Å². The highest BCUT2D eigenvalue weighted by molar-refractivity contribution is 7.48. The number of imidazole rings is 1. The lowest BCUT2D eigenvalue weighted by atomic mass is 10.0. The number of phosphoric acid groups is 1. The predicted octanol–water partition coefficient (Wildman–Crippen LogP) is 2.58. The van der Waals surface area contributed by atoms with E-state index in [0.717, 1.165) is 0 Å². The van der Waals surface area contributed by atoms with Crippen LogP contribution < -0.4 is 5.73 Å². The van der Waals surface area contributed by atoms with Gasteiger partial charge in [0.2, 0.25) is 0 Å². The van der Waals surface area contributed by atoms with E-state index in [1.165, 1.54) is 12.7 Å². The van der Waals surface area contributed by atoms with Gasteiger partial charge in [0.1, 0.15) is 28.9 Å². The molecule has 2 aromatic rings. The Balaban J connectivity index is 1.42. The number of esters is 1. The zero-order valence-electron chi connectivity index (χ0n) is 17.8. The Kier molecular flexibility index (Phi) is 6.45. The number of ether oxygens (including phenoxy) is 2. The Morgan fingerprint density at radius 1 is 1.44 bits per heavy atom. The molecule has 14 heteroatoms. The summed E-state index contributed by atoms with van der Waals surface area (Å²) in [6.07, 6.45) is 0.919. The summed E-state index contributed by atoms with van der Waals surface area (Å²) in [5, 5.41) is 0. The SMILES string of the molecule is CC(C)OC(=O)CCCO[P@]1(=O)OC[C@H]2O[C@@H](n3cnc4c(N)ncnc43)[C@](C)(Cl)[C@@H]2O1. The number of carbonyl (C=O) groups is 1. The van der Waals surface area contributed by atoms with E-state index in [4.69, 9.17) is 40.4 Å². The number of rotatable bonds is 7. The third-order valence-corrected chi connectivity index (χ3v) is 6.95. The molecule has 0 aromatic carbocycles. The summed E-state index contributed by atoms with van der Waals surface area (Å²) in [5.41, 5.74) is 6.72. The zero-order chi connectivity index (χ0) is 23.1. The summed E-state index contributed by atoms with van der Waals surface area (Å²) in [6, 6.07) is 0. The molecule has 32 heavy (non-hydrogen) atoms. The summed E-state index contributed by atoms with van der Waals surface area (Å²) in [6.45, 7) is 5.19. The molecule has 0 aliphatic carbocycles. The lowest BCUT2D eigenvalue weighted by molar-refractivity contribution is -0.147.